The van der Waals surface area contributed by atoms with Gasteiger partial charge in [-0.15, -0.1) is 11.8 Å². The Morgan fingerprint density at radius 2 is 2.06 bits per heavy atom. The number of Topliss-reactive ketones (excluding diaryl/α,β-unsaturated/α-hetero) is 1. The van der Waals surface area contributed by atoms with Gasteiger partial charge in [-0.25, -0.2) is 0 Å². The Morgan fingerprint density at radius 3 is 2.59 bits per heavy atom. The van der Waals surface area contributed by atoms with Gasteiger partial charge in [-0.1, -0.05) is 6.58 Å². The summed E-state index contributed by atoms with van der Waals surface area (Å²) in [5.41, 5.74) is 6.15. The molecule has 1 aromatic rings. The first kappa shape index (κ1) is 13.6. The summed E-state index contributed by atoms with van der Waals surface area (Å²) in [7, 11) is 1.60. The number of carbonyl (C=O) groups excluding carboxylic acids is 1. The molecule has 2 N–H and O–H groups in total. The summed E-state index contributed by atoms with van der Waals surface area (Å²) in [6.07, 6.45) is 1.35. The molecule has 92 valence electrons. The largest absolute Gasteiger partial charge is 0.497 e. The molecule has 0 aromatic heterocycles. The molecule has 17 heavy (non-hydrogen) atoms. The maximum absolute atomic E-state index is 11.8. The normalized spacial score (nSPS) is 9.94. The van der Waals surface area contributed by atoms with E-state index in [0.717, 1.165) is 23.5 Å². The number of nitrogens with two attached hydrogens (primary N) is 1. The van der Waals surface area contributed by atoms with Gasteiger partial charge >= 0.3 is 0 Å². The monoisotopic (exact) mass is 251 g/mol. The second-order valence-electron chi connectivity index (χ2n) is 3.57. The quantitative estimate of drug-likeness (QED) is 0.598. The predicted octanol–water partition coefficient (Wildman–Crippen LogP) is 2.82. The van der Waals surface area contributed by atoms with Gasteiger partial charge in [0.05, 0.1) is 12.1 Å². The Balaban J connectivity index is 2.38. The standard InChI is InChI=1S/C13H17NO2S/c1-10(14)17-9-3-4-13(15)11-5-7-12(16-2)8-6-11/h5-8H,1,3-4,9,14H2,2H3. The zero-order valence-electron chi connectivity index (χ0n) is 9.94. The van der Waals surface area contributed by atoms with Crippen LogP contribution in [0.3, 0.4) is 0 Å². The van der Waals surface area contributed by atoms with E-state index in [-0.39, 0.29) is 5.78 Å². The van der Waals surface area contributed by atoms with Gasteiger partial charge in [0, 0.05) is 12.0 Å². The topological polar surface area (TPSA) is 52.3 Å². The van der Waals surface area contributed by atoms with Gasteiger partial charge in [-0.05, 0) is 36.4 Å². The summed E-state index contributed by atoms with van der Waals surface area (Å²) >= 11 is 1.49. The van der Waals surface area contributed by atoms with Crippen molar-refractivity contribution in [1.82, 2.24) is 0 Å². The van der Waals surface area contributed by atoms with Crippen LogP contribution in [0.15, 0.2) is 35.9 Å². The molecule has 1 rings (SSSR count). The van der Waals surface area contributed by atoms with Crippen molar-refractivity contribution in [2.24, 2.45) is 5.73 Å². The molecule has 3 nitrogen and oxygen atoms in total. The molecule has 1 aromatic carbocycles. The molecule has 0 bridgehead atoms. The predicted molar refractivity (Wildman–Crippen MR) is 72.3 cm³/mol. The van der Waals surface area contributed by atoms with Crippen molar-refractivity contribution in [2.75, 3.05) is 12.9 Å². The maximum Gasteiger partial charge on any atom is 0.162 e. The third-order valence-electron chi connectivity index (χ3n) is 2.25. The van der Waals surface area contributed by atoms with Crippen LogP contribution in [0.2, 0.25) is 0 Å². The molecule has 0 spiro atoms. The number of thioether (sulfide) groups is 1. The van der Waals surface area contributed by atoms with E-state index in [4.69, 9.17) is 10.5 Å². The highest BCUT2D eigenvalue weighted by Gasteiger charge is 2.05. The van der Waals surface area contributed by atoms with Crippen LogP contribution in [0, 0.1) is 0 Å². The first-order chi connectivity index (χ1) is 8.13. The zero-order valence-corrected chi connectivity index (χ0v) is 10.8. The minimum atomic E-state index is 0.149. The lowest BCUT2D eigenvalue weighted by molar-refractivity contribution is 0.0982. The summed E-state index contributed by atoms with van der Waals surface area (Å²) in [5.74, 6) is 1.74. The van der Waals surface area contributed by atoms with Crippen molar-refractivity contribution in [1.29, 1.82) is 0 Å². The van der Waals surface area contributed by atoms with Gasteiger partial charge in [0.2, 0.25) is 0 Å². The molecule has 0 fully saturated rings. The molecule has 0 saturated carbocycles. The Kier molecular flexibility index (Phi) is 5.63. The average Bonchev–Trinajstić information content (AvgIpc) is 2.34. The number of hydrogen-bond donors (Lipinski definition) is 1. The fourth-order valence-corrected chi connectivity index (χ4v) is 1.91. The Bertz CT molecular complexity index is 387. The van der Waals surface area contributed by atoms with Crippen LogP contribution in [0.25, 0.3) is 0 Å². The van der Waals surface area contributed by atoms with Crippen molar-refractivity contribution in [3.05, 3.63) is 41.4 Å². The van der Waals surface area contributed by atoms with Crippen molar-refractivity contribution < 1.29 is 9.53 Å². The van der Waals surface area contributed by atoms with E-state index >= 15 is 0 Å². The van der Waals surface area contributed by atoms with Crippen molar-refractivity contribution >= 4 is 17.5 Å². The maximum atomic E-state index is 11.8. The van der Waals surface area contributed by atoms with Crippen molar-refractivity contribution in [2.45, 2.75) is 12.8 Å². The Labute approximate surface area is 106 Å². The molecule has 4 heteroatoms. The number of rotatable bonds is 7. The highest BCUT2D eigenvalue weighted by molar-refractivity contribution is 8.02. The van der Waals surface area contributed by atoms with Crippen LogP contribution in [-0.4, -0.2) is 18.6 Å². The van der Waals surface area contributed by atoms with Gasteiger partial charge in [-0.2, -0.15) is 0 Å². The summed E-state index contributed by atoms with van der Waals surface area (Å²) in [4.78, 5) is 11.8. The fourth-order valence-electron chi connectivity index (χ4n) is 1.36. The zero-order chi connectivity index (χ0) is 12.7. The van der Waals surface area contributed by atoms with Gasteiger partial charge in [-0.3, -0.25) is 4.79 Å². The van der Waals surface area contributed by atoms with E-state index < -0.39 is 0 Å². The minimum absolute atomic E-state index is 0.149. The van der Waals surface area contributed by atoms with Gasteiger partial charge < -0.3 is 10.5 Å². The third-order valence-corrected chi connectivity index (χ3v) is 3.11. The van der Waals surface area contributed by atoms with Gasteiger partial charge in [0.1, 0.15) is 5.75 Å². The lowest BCUT2D eigenvalue weighted by Gasteiger charge is -2.03. The second-order valence-corrected chi connectivity index (χ2v) is 4.79. The van der Waals surface area contributed by atoms with E-state index in [1.54, 1.807) is 31.4 Å². The average molecular weight is 251 g/mol. The molecule has 0 aliphatic rings. The van der Waals surface area contributed by atoms with Crippen molar-refractivity contribution in [3.63, 3.8) is 0 Å². The molecule has 0 aliphatic carbocycles. The van der Waals surface area contributed by atoms with Gasteiger partial charge in [0.15, 0.2) is 5.78 Å². The van der Waals surface area contributed by atoms with E-state index in [1.165, 1.54) is 11.8 Å². The molecule has 0 radical (unpaired) electrons. The molecule has 0 saturated heterocycles. The summed E-state index contributed by atoms with van der Waals surface area (Å²) in [6.45, 7) is 3.59. The molecule has 0 atom stereocenters. The van der Waals surface area contributed by atoms with E-state index in [2.05, 4.69) is 6.58 Å². The number of ether oxygens (including phenoxy) is 1. The number of carbonyl (C=O) groups is 1. The SMILES string of the molecule is C=C(N)SCCCC(=O)c1ccc(OC)cc1. The summed E-state index contributed by atoms with van der Waals surface area (Å²) in [6, 6.07) is 7.17. The first-order valence-corrected chi connectivity index (χ1v) is 6.36. The number of methoxy groups -OCH3 is 1. The Hall–Kier alpha value is -1.42. The lowest BCUT2D eigenvalue weighted by Crippen LogP contribution is -2.00. The number of hydrogen-bond acceptors (Lipinski definition) is 4. The third kappa shape index (κ3) is 4.95. The van der Waals surface area contributed by atoms with Crippen LogP contribution in [-0.2, 0) is 0 Å². The molecular weight excluding hydrogens is 234 g/mol. The highest BCUT2D eigenvalue weighted by atomic mass is 32.2. The molecule has 0 unspecified atom stereocenters. The number of ketones is 1. The minimum Gasteiger partial charge on any atom is -0.497 e. The molecule has 0 heterocycles. The van der Waals surface area contributed by atoms with E-state index in [9.17, 15) is 4.79 Å². The van der Waals surface area contributed by atoms with Crippen LogP contribution in [0.5, 0.6) is 5.75 Å². The van der Waals surface area contributed by atoms with E-state index in [1.807, 2.05) is 0 Å². The molecular formula is C13H17NO2S. The van der Waals surface area contributed by atoms with Gasteiger partial charge in [0.25, 0.3) is 0 Å². The van der Waals surface area contributed by atoms with Crippen LogP contribution in [0.4, 0.5) is 0 Å². The van der Waals surface area contributed by atoms with Crippen LogP contribution in [0.1, 0.15) is 23.2 Å². The Morgan fingerprint density at radius 1 is 1.41 bits per heavy atom. The van der Waals surface area contributed by atoms with Crippen LogP contribution < -0.4 is 10.5 Å². The first-order valence-electron chi connectivity index (χ1n) is 5.38. The highest BCUT2D eigenvalue weighted by Crippen LogP contribution is 2.15. The van der Waals surface area contributed by atoms with Crippen LogP contribution >= 0.6 is 11.8 Å². The summed E-state index contributed by atoms with van der Waals surface area (Å²) in [5, 5.41) is 0.599. The molecule has 0 aliphatic heterocycles. The smallest absolute Gasteiger partial charge is 0.162 e. The fraction of sp³-hybridized carbons (Fsp3) is 0.308. The van der Waals surface area contributed by atoms with Crippen molar-refractivity contribution in [3.8, 4) is 5.75 Å². The second kappa shape index (κ2) is 7.01. The lowest BCUT2D eigenvalue weighted by atomic mass is 10.1. The van der Waals surface area contributed by atoms with E-state index in [0.29, 0.717) is 11.4 Å². The number of benzene rings is 1. The molecule has 0 amide bonds. The summed E-state index contributed by atoms with van der Waals surface area (Å²) < 4.78 is 5.04.